The van der Waals surface area contributed by atoms with E-state index in [1.54, 1.807) is 31.2 Å². The van der Waals surface area contributed by atoms with Crippen molar-refractivity contribution in [3.63, 3.8) is 0 Å². The maximum absolute atomic E-state index is 11.4. The predicted octanol–water partition coefficient (Wildman–Crippen LogP) is 2.94. The molecular formula is C19H17BClNO5. The van der Waals surface area contributed by atoms with E-state index in [2.05, 4.69) is 4.98 Å². The molecule has 0 bridgehead atoms. The number of carbonyl (C=O) groups excluding carboxylic acids is 1. The zero-order valence-corrected chi connectivity index (χ0v) is 15.5. The largest absolute Gasteiger partial charge is 0.489 e. The number of ether oxygens (including phenoxy) is 1. The molecule has 8 heteroatoms. The Labute approximate surface area is 161 Å². The minimum absolute atomic E-state index is 0.0696. The molecule has 2 N–H and O–H groups in total. The van der Waals surface area contributed by atoms with Gasteiger partial charge in [0, 0.05) is 10.6 Å². The van der Waals surface area contributed by atoms with Crippen LogP contribution in [-0.4, -0.2) is 28.4 Å². The summed E-state index contributed by atoms with van der Waals surface area (Å²) >= 11 is 5.92. The highest BCUT2D eigenvalue weighted by molar-refractivity contribution is 6.60. The van der Waals surface area contributed by atoms with Crippen molar-refractivity contribution in [1.29, 1.82) is 0 Å². The Balaban J connectivity index is 1.89. The second kappa shape index (κ2) is 7.96. The summed E-state index contributed by atoms with van der Waals surface area (Å²) in [7, 11) is -1.77. The van der Waals surface area contributed by atoms with Crippen molar-refractivity contribution in [1.82, 2.24) is 4.98 Å². The fourth-order valence-electron chi connectivity index (χ4n) is 2.72. The average molecular weight is 386 g/mol. The van der Waals surface area contributed by atoms with E-state index in [1.807, 2.05) is 19.1 Å². The van der Waals surface area contributed by atoms with Crippen molar-refractivity contribution in [2.75, 3.05) is 0 Å². The molecule has 0 aliphatic heterocycles. The molecule has 0 spiro atoms. The first-order valence-corrected chi connectivity index (χ1v) is 8.62. The summed E-state index contributed by atoms with van der Waals surface area (Å²) in [5.41, 5.74) is 1.67. The van der Waals surface area contributed by atoms with Crippen LogP contribution in [0.4, 0.5) is 0 Å². The van der Waals surface area contributed by atoms with Crippen LogP contribution >= 0.6 is 11.6 Å². The molecule has 3 aromatic rings. The van der Waals surface area contributed by atoms with Crippen LogP contribution in [0.1, 0.15) is 35.0 Å². The molecule has 0 aliphatic carbocycles. The molecule has 1 unspecified atom stereocenters. The molecule has 3 rings (SSSR count). The summed E-state index contributed by atoms with van der Waals surface area (Å²) in [6.45, 7) is 3.55. The number of hydrogen-bond acceptors (Lipinski definition) is 6. The number of aromatic nitrogens is 1. The molecule has 0 aliphatic rings. The average Bonchev–Trinajstić information content (AvgIpc) is 3.04. The highest BCUT2D eigenvalue weighted by atomic mass is 35.5. The Hall–Kier alpha value is -2.61. The zero-order valence-electron chi connectivity index (χ0n) is 14.7. The number of halogens is 1. The molecule has 1 heterocycles. The molecular weight excluding hydrogens is 368 g/mol. The molecule has 0 amide bonds. The number of oxazole rings is 1. The number of aryl methyl sites for hydroxylation is 1. The van der Waals surface area contributed by atoms with Crippen molar-refractivity contribution in [3.05, 3.63) is 64.6 Å². The number of rotatable bonds is 6. The van der Waals surface area contributed by atoms with Crippen LogP contribution < -0.4 is 10.2 Å². The standard InChI is InChI=1S/C19H17BClNO5/c1-11-18(13-6-8-14(21)9-7-13)27-19(22-11)12(2)26-17-5-3-4-16(20(24)25)15(17)10-23/h3-10,12,24-25H,1-2H3. The Bertz CT molecular complexity index is 955. The number of aldehydes is 1. The second-order valence-electron chi connectivity index (χ2n) is 5.98. The van der Waals surface area contributed by atoms with Crippen LogP contribution in [0, 0.1) is 6.92 Å². The van der Waals surface area contributed by atoms with Crippen LogP contribution in [0.15, 0.2) is 46.9 Å². The summed E-state index contributed by atoms with van der Waals surface area (Å²) in [6, 6.07) is 11.8. The van der Waals surface area contributed by atoms with E-state index in [1.165, 1.54) is 6.07 Å². The Kier molecular flexibility index (Phi) is 5.65. The summed E-state index contributed by atoms with van der Waals surface area (Å²) in [6.07, 6.45) is -0.0777. The number of hydrogen-bond donors (Lipinski definition) is 2. The predicted molar refractivity (Wildman–Crippen MR) is 102 cm³/mol. The second-order valence-corrected chi connectivity index (χ2v) is 6.42. The molecule has 138 valence electrons. The molecule has 0 radical (unpaired) electrons. The fourth-order valence-corrected chi connectivity index (χ4v) is 2.84. The maximum Gasteiger partial charge on any atom is 0.489 e. The van der Waals surface area contributed by atoms with Crippen molar-refractivity contribution >= 4 is 30.5 Å². The van der Waals surface area contributed by atoms with Gasteiger partial charge in [0.25, 0.3) is 0 Å². The van der Waals surface area contributed by atoms with E-state index < -0.39 is 13.2 Å². The van der Waals surface area contributed by atoms with Gasteiger partial charge in [-0.3, -0.25) is 4.79 Å². The molecule has 1 atom stereocenters. The van der Waals surface area contributed by atoms with Gasteiger partial charge in [-0.2, -0.15) is 0 Å². The van der Waals surface area contributed by atoms with Crippen LogP contribution in [0.25, 0.3) is 11.3 Å². The van der Waals surface area contributed by atoms with Gasteiger partial charge < -0.3 is 19.2 Å². The van der Waals surface area contributed by atoms with Gasteiger partial charge in [-0.25, -0.2) is 4.98 Å². The maximum atomic E-state index is 11.4. The summed E-state index contributed by atoms with van der Waals surface area (Å²) in [5, 5.41) is 19.4. The van der Waals surface area contributed by atoms with Gasteiger partial charge in [-0.15, -0.1) is 0 Å². The quantitative estimate of drug-likeness (QED) is 0.500. The monoisotopic (exact) mass is 385 g/mol. The molecule has 1 aromatic heterocycles. The molecule has 6 nitrogen and oxygen atoms in total. The number of benzene rings is 2. The Morgan fingerprint density at radius 2 is 1.93 bits per heavy atom. The van der Waals surface area contributed by atoms with E-state index in [-0.39, 0.29) is 16.8 Å². The molecule has 2 aromatic carbocycles. The van der Waals surface area contributed by atoms with E-state index >= 15 is 0 Å². The topological polar surface area (TPSA) is 92.8 Å². The van der Waals surface area contributed by atoms with E-state index in [0.29, 0.717) is 28.7 Å². The smallest absolute Gasteiger partial charge is 0.480 e. The van der Waals surface area contributed by atoms with E-state index in [9.17, 15) is 14.8 Å². The van der Waals surface area contributed by atoms with Gasteiger partial charge >= 0.3 is 7.12 Å². The van der Waals surface area contributed by atoms with Gasteiger partial charge in [-0.1, -0.05) is 23.7 Å². The van der Waals surface area contributed by atoms with Crippen molar-refractivity contribution in [3.8, 4) is 17.1 Å². The van der Waals surface area contributed by atoms with Gasteiger partial charge in [0.1, 0.15) is 5.75 Å². The highest BCUT2D eigenvalue weighted by Crippen LogP contribution is 2.30. The first-order valence-electron chi connectivity index (χ1n) is 8.25. The first-order chi connectivity index (χ1) is 12.9. The molecule has 0 saturated carbocycles. The van der Waals surface area contributed by atoms with Gasteiger partial charge in [0.05, 0.1) is 11.3 Å². The lowest BCUT2D eigenvalue weighted by molar-refractivity contribution is 0.111. The van der Waals surface area contributed by atoms with Gasteiger partial charge in [0.15, 0.2) is 18.2 Å². The Morgan fingerprint density at radius 1 is 1.22 bits per heavy atom. The van der Waals surface area contributed by atoms with Crippen LogP contribution in [0.2, 0.25) is 5.02 Å². The minimum Gasteiger partial charge on any atom is -0.480 e. The lowest BCUT2D eigenvalue weighted by atomic mass is 9.77. The van der Waals surface area contributed by atoms with Crippen molar-refractivity contribution < 1.29 is 24.0 Å². The molecule has 0 saturated heterocycles. The van der Waals surface area contributed by atoms with E-state index in [4.69, 9.17) is 20.8 Å². The number of carbonyl (C=O) groups is 1. The van der Waals surface area contributed by atoms with Gasteiger partial charge in [0.2, 0.25) is 5.89 Å². The van der Waals surface area contributed by atoms with Gasteiger partial charge in [-0.05, 0) is 49.6 Å². The third-order valence-electron chi connectivity index (χ3n) is 4.07. The zero-order chi connectivity index (χ0) is 19.6. The third-order valence-corrected chi connectivity index (χ3v) is 4.32. The molecule has 0 fully saturated rings. The SMILES string of the molecule is Cc1nc(C(C)Oc2cccc(B(O)O)c2C=O)oc1-c1ccc(Cl)cc1. The first kappa shape index (κ1) is 19.2. The third kappa shape index (κ3) is 4.05. The van der Waals surface area contributed by atoms with Crippen LogP contribution in [0.5, 0.6) is 5.75 Å². The molecule has 27 heavy (non-hydrogen) atoms. The van der Waals surface area contributed by atoms with Crippen LogP contribution in [0.3, 0.4) is 0 Å². The lowest BCUT2D eigenvalue weighted by Gasteiger charge is -2.15. The Morgan fingerprint density at radius 3 is 2.56 bits per heavy atom. The minimum atomic E-state index is -1.77. The summed E-state index contributed by atoms with van der Waals surface area (Å²) < 4.78 is 11.7. The van der Waals surface area contributed by atoms with Crippen LogP contribution in [-0.2, 0) is 0 Å². The lowest BCUT2D eigenvalue weighted by Crippen LogP contribution is -2.33. The summed E-state index contributed by atoms with van der Waals surface area (Å²) in [5.74, 6) is 1.16. The number of nitrogens with zero attached hydrogens (tertiary/aromatic N) is 1. The normalized spacial score (nSPS) is 11.9. The fraction of sp³-hybridized carbons (Fsp3) is 0.158. The van der Waals surface area contributed by atoms with Crippen molar-refractivity contribution in [2.45, 2.75) is 20.0 Å². The van der Waals surface area contributed by atoms with Crippen molar-refractivity contribution in [2.24, 2.45) is 0 Å². The van der Waals surface area contributed by atoms with E-state index in [0.717, 1.165) is 5.56 Å². The highest BCUT2D eigenvalue weighted by Gasteiger charge is 2.23. The summed E-state index contributed by atoms with van der Waals surface area (Å²) in [4.78, 5) is 15.8.